The van der Waals surface area contributed by atoms with Crippen LogP contribution in [0, 0.1) is 0 Å². The molecule has 1 aliphatic rings. The van der Waals surface area contributed by atoms with E-state index in [9.17, 15) is 13.6 Å². The molecule has 0 saturated carbocycles. The number of ether oxygens (including phenoxy) is 1. The van der Waals surface area contributed by atoms with Gasteiger partial charge in [0.2, 0.25) is 0 Å². The molecule has 104 valence electrons. The molecule has 0 aliphatic carbocycles. The number of rotatable bonds is 0. The van der Waals surface area contributed by atoms with Gasteiger partial charge in [0, 0.05) is 11.3 Å². The largest absolute Gasteiger partial charge is 0.443 e. The van der Waals surface area contributed by atoms with Gasteiger partial charge < -0.3 is 10.5 Å². The van der Waals surface area contributed by atoms with Gasteiger partial charge in [-0.1, -0.05) is 0 Å². The molecule has 1 amide bonds. The van der Waals surface area contributed by atoms with Crippen LogP contribution in [0.5, 0.6) is 0 Å². The molecule has 0 radical (unpaired) electrons. The average molecular weight is 270 g/mol. The normalized spacial score (nSPS) is 17.2. The number of amides is 1. The van der Waals surface area contributed by atoms with Crippen molar-refractivity contribution in [1.82, 2.24) is 0 Å². The van der Waals surface area contributed by atoms with Crippen molar-refractivity contribution in [2.75, 3.05) is 17.2 Å². The monoisotopic (exact) mass is 270 g/mol. The molecule has 1 aromatic rings. The molecule has 0 saturated heterocycles. The predicted molar refractivity (Wildman–Crippen MR) is 68.3 cm³/mol. The number of carbonyl (C=O) groups excluding carboxylic acids is 1. The van der Waals surface area contributed by atoms with Gasteiger partial charge in [0.25, 0.3) is 5.92 Å². The molecule has 2 N–H and O–H groups in total. The number of halogens is 2. The third kappa shape index (κ3) is 2.62. The molecule has 6 heteroatoms. The Kier molecular flexibility index (Phi) is 2.91. The summed E-state index contributed by atoms with van der Waals surface area (Å²) in [5.41, 5.74) is 4.92. The van der Waals surface area contributed by atoms with Crippen molar-refractivity contribution in [3.63, 3.8) is 0 Å². The fourth-order valence-electron chi connectivity index (χ4n) is 1.93. The molecule has 4 nitrogen and oxygen atoms in total. The zero-order valence-corrected chi connectivity index (χ0v) is 11.0. The van der Waals surface area contributed by atoms with Crippen molar-refractivity contribution < 1.29 is 18.3 Å². The van der Waals surface area contributed by atoms with Gasteiger partial charge in [-0.3, -0.25) is 4.90 Å². The fourth-order valence-corrected chi connectivity index (χ4v) is 1.93. The average Bonchev–Trinajstić information content (AvgIpc) is 2.49. The Hall–Kier alpha value is -1.85. The summed E-state index contributed by atoms with van der Waals surface area (Å²) in [7, 11) is 0. The lowest BCUT2D eigenvalue weighted by Gasteiger charge is -2.24. The van der Waals surface area contributed by atoms with E-state index in [1.807, 2.05) is 0 Å². The van der Waals surface area contributed by atoms with E-state index in [0.29, 0.717) is 0 Å². The van der Waals surface area contributed by atoms with Crippen molar-refractivity contribution in [3.05, 3.63) is 23.8 Å². The predicted octanol–water partition coefficient (Wildman–Crippen LogP) is 3.12. The van der Waals surface area contributed by atoms with Crippen molar-refractivity contribution in [1.29, 1.82) is 0 Å². The van der Waals surface area contributed by atoms with Gasteiger partial charge in [0.1, 0.15) is 5.60 Å². The minimum atomic E-state index is -3.11. The van der Waals surface area contributed by atoms with E-state index in [4.69, 9.17) is 10.5 Å². The SMILES string of the molecule is CC(C)(C)OC(=O)N1CC(F)(F)c2cc(N)ccc21. The summed E-state index contributed by atoms with van der Waals surface area (Å²) in [6.45, 7) is 4.33. The van der Waals surface area contributed by atoms with Crippen LogP contribution in [-0.4, -0.2) is 18.2 Å². The lowest BCUT2D eigenvalue weighted by atomic mass is 10.1. The Labute approximate surface area is 110 Å². The highest BCUT2D eigenvalue weighted by molar-refractivity contribution is 5.91. The van der Waals surface area contributed by atoms with Crippen LogP contribution < -0.4 is 10.6 Å². The second-order valence-corrected chi connectivity index (χ2v) is 5.55. The maximum absolute atomic E-state index is 13.9. The van der Waals surface area contributed by atoms with E-state index >= 15 is 0 Å². The van der Waals surface area contributed by atoms with Crippen molar-refractivity contribution in [3.8, 4) is 0 Å². The summed E-state index contributed by atoms with van der Waals surface area (Å²) in [5, 5.41) is 0. The summed E-state index contributed by atoms with van der Waals surface area (Å²) in [6.07, 6.45) is -0.782. The number of nitrogens with two attached hydrogens (primary N) is 1. The van der Waals surface area contributed by atoms with Gasteiger partial charge >= 0.3 is 6.09 Å². The van der Waals surface area contributed by atoms with Gasteiger partial charge in [0.05, 0.1) is 12.2 Å². The molecule has 1 aromatic carbocycles. The maximum atomic E-state index is 13.9. The molecule has 1 heterocycles. The molecule has 2 rings (SSSR count). The minimum absolute atomic E-state index is 0.147. The Bertz CT molecular complexity index is 524. The Morgan fingerprint density at radius 2 is 2.05 bits per heavy atom. The summed E-state index contributed by atoms with van der Waals surface area (Å²) >= 11 is 0. The second-order valence-electron chi connectivity index (χ2n) is 5.55. The topological polar surface area (TPSA) is 55.6 Å². The van der Waals surface area contributed by atoms with Crippen LogP contribution in [0.25, 0.3) is 0 Å². The lowest BCUT2D eigenvalue weighted by molar-refractivity contribution is 0.00956. The molecular formula is C13H16F2N2O2. The van der Waals surface area contributed by atoms with Gasteiger partial charge in [-0.05, 0) is 39.0 Å². The highest BCUT2D eigenvalue weighted by Gasteiger charge is 2.47. The summed E-state index contributed by atoms with van der Waals surface area (Å²) in [4.78, 5) is 12.9. The van der Waals surface area contributed by atoms with Crippen LogP contribution in [-0.2, 0) is 10.7 Å². The standard InChI is InChI=1S/C13H16F2N2O2/c1-12(2,3)19-11(18)17-7-13(14,15)9-6-8(16)4-5-10(9)17/h4-6H,7,16H2,1-3H3. The van der Waals surface area contributed by atoms with Gasteiger partial charge in [-0.2, -0.15) is 8.78 Å². The number of benzene rings is 1. The number of alkyl halides is 2. The number of anilines is 2. The Morgan fingerprint density at radius 3 is 2.63 bits per heavy atom. The van der Waals surface area contributed by atoms with Gasteiger partial charge in [-0.15, -0.1) is 0 Å². The van der Waals surface area contributed by atoms with Crippen LogP contribution in [0.1, 0.15) is 26.3 Å². The highest BCUT2D eigenvalue weighted by atomic mass is 19.3. The zero-order chi connectivity index (χ0) is 14.4. The first-order valence-electron chi connectivity index (χ1n) is 5.88. The summed E-state index contributed by atoms with van der Waals surface area (Å²) in [5.74, 6) is -3.11. The van der Waals surface area contributed by atoms with Crippen molar-refractivity contribution in [2.24, 2.45) is 0 Å². The van der Waals surface area contributed by atoms with E-state index in [1.165, 1.54) is 18.2 Å². The third-order valence-corrected chi connectivity index (χ3v) is 2.68. The maximum Gasteiger partial charge on any atom is 0.415 e. The molecule has 0 fully saturated rings. The van der Waals surface area contributed by atoms with Crippen LogP contribution in [0.4, 0.5) is 25.0 Å². The zero-order valence-electron chi connectivity index (χ0n) is 11.0. The van der Waals surface area contributed by atoms with Crippen LogP contribution in [0.2, 0.25) is 0 Å². The molecular weight excluding hydrogens is 254 g/mol. The molecule has 0 unspecified atom stereocenters. The lowest BCUT2D eigenvalue weighted by Crippen LogP contribution is -2.37. The van der Waals surface area contributed by atoms with Crippen LogP contribution in [0.3, 0.4) is 0 Å². The highest BCUT2D eigenvalue weighted by Crippen LogP contribution is 2.44. The molecule has 0 atom stereocenters. The van der Waals surface area contributed by atoms with E-state index in [0.717, 1.165) is 4.90 Å². The quantitative estimate of drug-likeness (QED) is 0.737. The Balaban J connectivity index is 2.35. The number of hydrogen-bond acceptors (Lipinski definition) is 3. The van der Waals surface area contributed by atoms with Crippen LogP contribution in [0.15, 0.2) is 18.2 Å². The van der Waals surface area contributed by atoms with Crippen molar-refractivity contribution >= 4 is 17.5 Å². The molecule has 0 spiro atoms. The second kappa shape index (κ2) is 4.08. The number of carbonyl (C=O) groups is 1. The van der Waals surface area contributed by atoms with Crippen LogP contribution >= 0.6 is 0 Å². The Morgan fingerprint density at radius 1 is 1.42 bits per heavy atom. The van der Waals surface area contributed by atoms with Gasteiger partial charge in [0.15, 0.2) is 0 Å². The third-order valence-electron chi connectivity index (χ3n) is 2.68. The van der Waals surface area contributed by atoms with E-state index < -0.39 is 24.2 Å². The first-order chi connectivity index (χ1) is 8.60. The molecule has 0 bridgehead atoms. The summed E-state index contributed by atoms with van der Waals surface area (Å²) < 4.78 is 32.8. The number of fused-ring (bicyclic) bond motifs is 1. The van der Waals surface area contributed by atoms with Gasteiger partial charge in [-0.25, -0.2) is 4.79 Å². The van der Waals surface area contributed by atoms with E-state index in [1.54, 1.807) is 20.8 Å². The number of nitrogens with zero attached hydrogens (tertiary/aromatic N) is 1. The minimum Gasteiger partial charge on any atom is -0.443 e. The smallest absolute Gasteiger partial charge is 0.415 e. The summed E-state index contributed by atoms with van der Waals surface area (Å²) in [6, 6.07) is 4.09. The fraction of sp³-hybridized carbons (Fsp3) is 0.462. The first-order valence-corrected chi connectivity index (χ1v) is 5.88. The molecule has 0 aromatic heterocycles. The van der Waals surface area contributed by atoms with E-state index in [2.05, 4.69) is 0 Å². The number of hydrogen-bond donors (Lipinski definition) is 1. The van der Waals surface area contributed by atoms with E-state index in [-0.39, 0.29) is 16.9 Å². The number of nitrogen functional groups attached to an aromatic ring is 1. The molecule has 1 aliphatic heterocycles. The molecule has 19 heavy (non-hydrogen) atoms. The first kappa shape index (κ1) is 13.6. The van der Waals surface area contributed by atoms with Crippen molar-refractivity contribution in [2.45, 2.75) is 32.3 Å².